The van der Waals surface area contributed by atoms with Gasteiger partial charge in [0, 0.05) is 23.1 Å². The zero-order valence-corrected chi connectivity index (χ0v) is 17.3. The highest BCUT2D eigenvalue weighted by Gasteiger charge is 2.51. The fourth-order valence-electron chi connectivity index (χ4n) is 4.57. The molecule has 2 aromatic carbocycles. The lowest BCUT2D eigenvalue weighted by molar-refractivity contribution is -0.149. The molecule has 1 saturated heterocycles. The molecule has 5 heteroatoms. The minimum atomic E-state index is -0.845. The summed E-state index contributed by atoms with van der Waals surface area (Å²) in [5, 5.41) is 0. The molecule has 1 atom stereocenters. The number of piperidine rings is 1. The number of hydrogen-bond acceptors (Lipinski definition) is 5. The number of likely N-dealkylation sites (tertiary alicyclic amines) is 1. The molecule has 2 aromatic rings. The highest BCUT2D eigenvalue weighted by atomic mass is 16.7. The smallest absolute Gasteiger partial charge is 0.281 e. The van der Waals surface area contributed by atoms with E-state index in [9.17, 15) is 4.79 Å². The topological polar surface area (TPSA) is 64.8 Å². The molecule has 2 aliphatic rings. The van der Waals surface area contributed by atoms with Crippen LogP contribution >= 0.6 is 0 Å². The van der Waals surface area contributed by atoms with E-state index in [1.54, 1.807) is 6.92 Å². The first-order valence-corrected chi connectivity index (χ1v) is 10.6. The fourth-order valence-corrected chi connectivity index (χ4v) is 4.57. The molecule has 4 rings (SSSR count). The van der Waals surface area contributed by atoms with Gasteiger partial charge in [0.25, 0.3) is 5.79 Å². The summed E-state index contributed by atoms with van der Waals surface area (Å²) in [5.41, 5.74) is 7.42. The third-order valence-electron chi connectivity index (χ3n) is 6.34. The highest BCUT2D eigenvalue weighted by molar-refractivity contribution is 5.94. The maximum absolute atomic E-state index is 11.7. The molecule has 0 aliphatic carbocycles. The van der Waals surface area contributed by atoms with Gasteiger partial charge in [0.15, 0.2) is 17.3 Å². The van der Waals surface area contributed by atoms with Gasteiger partial charge in [-0.25, -0.2) is 0 Å². The Balaban J connectivity index is 1.62. The summed E-state index contributed by atoms with van der Waals surface area (Å²) in [6.07, 6.45) is 2.98. The van der Waals surface area contributed by atoms with Crippen LogP contribution in [0.25, 0.3) is 0 Å². The number of carbonyl (C=O) groups excluding carboxylic acids is 1. The molecule has 0 radical (unpaired) electrons. The number of Topliss-reactive ketones (excluding diaryl/α,β-unsaturated/α-hetero) is 1. The summed E-state index contributed by atoms with van der Waals surface area (Å²) in [5.74, 6) is 0.996. The van der Waals surface area contributed by atoms with Gasteiger partial charge in [-0.15, -0.1) is 0 Å². The summed E-state index contributed by atoms with van der Waals surface area (Å²) < 4.78 is 13.0. The van der Waals surface area contributed by atoms with Crippen molar-refractivity contribution >= 4 is 5.78 Å². The number of para-hydroxylation sites is 2. The molecule has 5 nitrogen and oxygen atoms in total. The van der Waals surface area contributed by atoms with Gasteiger partial charge < -0.3 is 20.1 Å². The van der Waals surface area contributed by atoms with Crippen molar-refractivity contribution in [2.24, 2.45) is 11.7 Å². The van der Waals surface area contributed by atoms with E-state index in [1.807, 2.05) is 48.5 Å². The molecule has 154 valence electrons. The Labute approximate surface area is 172 Å². The molecule has 1 unspecified atom stereocenters. The maximum atomic E-state index is 11.7. The number of fused-ring (bicyclic) bond motifs is 1. The van der Waals surface area contributed by atoms with Gasteiger partial charge in [-0.05, 0) is 64.9 Å². The summed E-state index contributed by atoms with van der Waals surface area (Å²) in [6.45, 7) is 6.56. The van der Waals surface area contributed by atoms with Gasteiger partial charge in [-0.3, -0.25) is 4.79 Å². The van der Waals surface area contributed by atoms with E-state index >= 15 is 0 Å². The lowest BCUT2D eigenvalue weighted by Crippen LogP contribution is -2.50. The van der Waals surface area contributed by atoms with Gasteiger partial charge in [-0.1, -0.05) is 36.4 Å². The Morgan fingerprint density at radius 1 is 1.10 bits per heavy atom. The third-order valence-corrected chi connectivity index (χ3v) is 6.34. The van der Waals surface area contributed by atoms with Crippen molar-refractivity contribution in [2.45, 2.75) is 44.9 Å². The van der Waals surface area contributed by atoms with Crippen molar-refractivity contribution in [1.82, 2.24) is 4.90 Å². The molecule has 29 heavy (non-hydrogen) atoms. The second kappa shape index (κ2) is 8.17. The average Bonchev–Trinajstić information content (AvgIpc) is 3.15. The number of ketones is 1. The van der Waals surface area contributed by atoms with Crippen LogP contribution in [0.2, 0.25) is 0 Å². The summed E-state index contributed by atoms with van der Waals surface area (Å²) in [4.78, 5) is 14.2. The van der Waals surface area contributed by atoms with Crippen LogP contribution in [0.5, 0.6) is 11.5 Å². The average molecular weight is 395 g/mol. The maximum Gasteiger partial charge on any atom is 0.281 e. The lowest BCUT2D eigenvalue weighted by atomic mass is 9.83. The number of benzene rings is 2. The van der Waals surface area contributed by atoms with Gasteiger partial charge >= 0.3 is 0 Å². The van der Waals surface area contributed by atoms with Crippen LogP contribution in [0.3, 0.4) is 0 Å². The third kappa shape index (κ3) is 3.77. The number of nitrogens with two attached hydrogens (primary N) is 1. The molecule has 2 aliphatic heterocycles. The van der Waals surface area contributed by atoms with E-state index in [4.69, 9.17) is 15.2 Å². The van der Waals surface area contributed by atoms with Crippen molar-refractivity contribution in [3.05, 3.63) is 59.7 Å². The molecule has 1 fully saturated rings. The highest BCUT2D eigenvalue weighted by Crippen LogP contribution is 2.50. The molecule has 0 saturated carbocycles. The minimum absolute atomic E-state index is 0.0596. The molecule has 2 heterocycles. The van der Waals surface area contributed by atoms with Crippen molar-refractivity contribution in [3.63, 3.8) is 0 Å². The molecule has 0 spiro atoms. The number of hydrogen-bond donors (Lipinski definition) is 1. The van der Waals surface area contributed by atoms with Crippen LogP contribution in [0, 0.1) is 5.92 Å². The Kier molecular flexibility index (Phi) is 5.61. The van der Waals surface area contributed by atoms with E-state index in [1.165, 1.54) is 0 Å². The molecule has 2 N–H and O–H groups in total. The normalized spacial score (nSPS) is 19.8. The van der Waals surface area contributed by atoms with Crippen LogP contribution in [-0.4, -0.2) is 36.4 Å². The number of carbonyl (C=O) groups is 1. The summed E-state index contributed by atoms with van der Waals surface area (Å²) in [6, 6.07) is 16.0. The van der Waals surface area contributed by atoms with Crippen molar-refractivity contribution in [1.29, 1.82) is 0 Å². The van der Waals surface area contributed by atoms with Crippen LogP contribution in [0.15, 0.2) is 48.5 Å². The standard InChI is InChI=1S/C24H30N2O3/c1-17(11-14-25)26-15-12-21(13-16-26)24(20-9-7-19(8-10-20)18(2)27)28-22-5-3-4-6-23(22)29-24/h3-10,17,21H,11-16,25H2,1-2H3. The van der Waals surface area contributed by atoms with Crippen LogP contribution < -0.4 is 15.2 Å². The molecule has 0 bridgehead atoms. The monoisotopic (exact) mass is 394 g/mol. The van der Waals surface area contributed by atoms with Crippen LogP contribution in [-0.2, 0) is 5.79 Å². The number of rotatable bonds is 6. The quantitative estimate of drug-likeness (QED) is 0.751. The second-order valence-corrected chi connectivity index (χ2v) is 8.19. The van der Waals surface area contributed by atoms with Crippen LogP contribution in [0.1, 0.15) is 49.0 Å². The predicted molar refractivity (Wildman–Crippen MR) is 113 cm³/mol. The first-order chi connectivity index (χ1) is 14.0. The molecular weight excluding hydrogens is 364 g/mol. The summed E-state index contributed by atoms with van der Waals surface area (Å²) in [7, 11) is 0. The Morgan fingerprint density at radius 3 is 2.21 bits per heavy atom. The van der Waals surface area contributed by atoms with Crippen molar-refractivity contribution < 1.29 is 14.3 Å². The number of nitrogens with zero attached hydrogens (tertiary/aromatic N) is 1. The lowest BCUT2D eigenvalue weighted by Gasteiger charge is -2.42. The number of ether oxygens (including phenoxy) is 2. The van der Waals surface area contributed by atoms with Gasteiger partial charge in [0.1, 0.15) is 0 Å². The first-order valence-electron chi connectivity index (χ1n) is 10.6. The Bertz CT molecular complexity index is 832. The van der Waals surface area contributed by atoms with Gasteiger partial charge in [0.05, 0.1) is 0 Å². The molecule has 0 amide bonds. The Morgan fingerprint density at radius 2 is 1.69 bits per heavy atom. The molecular formula is C24H30N2O3. The zero-order chi connectivity index (χ0) is 20.4. The summed E-state index contributed by atoms with van der Waals surface area (Å²) >= 11 is 0. The largest absolute Gasteiger partial charge is 0.444 e. The van der Waals surface area contributed by atoms with Crippen molar-refractivity contribution in [2.75, 3.05) is 19.6 Å². The zero-order valence-electron chi connectivity index (χ0n) is 17.3. The van der Waals surface area contributed by atoms with Crippen LogP contribution in [0.4, 0.5) is 0 Å². The van der Waals surface area contributed by atoms with E-state index in [2.05, 4.69) is 11.8 Å². The fraction of sp³-hybridized carbons (Fsp3) is 0.458. The first kappa shape index (κ1) is 19.9. The van der Waals surface area contributed by atoms with E-state index in [-0.39, 0.29) is 11.7 Å². The van der Waals surface area contributed by atoms with E-state index in [0.717, 1.165) is 56.0 Å². The van der Waals surface area contributed by atoms with Gasteiger partial charge in [-0.2, -0.15) is 0 Å². The van der Waals surface area contributed by atoms with Crippen molar-refractivity contribution in [3.8, 4) is 11.5 Å². The Hall–Kier alpha value is -2.37. The van der Waals surface area contributed by atoms with E-state index < -0.39 is 5.79 Å². The minimum Gasteiger partial charge on any atom is -0.444 e. The second-order valence-electron chi connectivity index (χ2n) is 8.19. The van der Waals surface area contributed by atoms with Gasteiger partial charge in [0.2, 0.25) is 0 Å². The SMILES string of the molecule is CC(=O)c1ccc(C2(C3CCN(C(C)CCN)CC3)Oc3ccccc3O2)cc1. The van der Waals surface area contributed by atoms with E-state index in [0.29, 0.717) is 11.6 Å². The molecule has 0 aromatic heterocycles. The predicted octanol–water partition coefficient (Wildman–Crippen LogP) is 3.96.